The molecular formula is C37H52N4O6S. The van der Waals surface area contributed by atoms with Crippen LogP contribution < -0.4 is 16.4 Å². The molecule has 10 nitrogen and oxygen atoms in total. The Labute approximate surface area is 286 Å². The van der Waals surface area contributed by atoms with Gasteiger partial charge >= 0.3 is 6.09 Å². The van der Waals surface area contributed by atoms with Crippen LogP contribution in [0, 0.1) is 0 Å². The van der Waals surface area contributed by atoms with Crippen LogP contribution in [0.5, 0.6) is 0 Å². The predicted octanol–water partition coefficient (Wildman–Crippen LogP) is 5.82. The first kappa shape index (κ1) is 38.5. The fourth-order valence-corrected chi connectivity index (χ4v) is 7.69. The maximum Gasteiger partial charge on any atom is 0.408 e. The molecule has 0 aliphatic heterocycles. The van der Waals surface area contributed by atoms with Crippen LogP contribution in [0.25, 0.3) is 0 Å². The van der Waals surface area contributed by atoms with E-state index in [9.17, 15) is 23.1 Å². The molecule has 5 N–H and O–H groups in total. The number of hydrogen-bond donors (Lipinski definition) is 4. The average molecular weight is 681 g/mol. The van der Waals surface area contributed by atoms with Gasteiger partial charge in [0.05, 0.1) is 11.5 Å². The summed E-state index contributed by atoms with van der Waals surface area (Å²) in [6, 6.07) is 23.0. The molecule has 2 atom stereocenters. The van der Waals surface area contributed by atoms with E-state index >= 15 is 0 Å². The second-order valence-electron chi connectivity index (χ2n) is 14.0. The number of aliphatic hydroxyl groups is 1. The smallest absolute Gasteiger partial charge is 0.408 e. The van der Waals surface area contributed by atoms with Crippen molar-refractivity contribution in [2.24, 2.45) is 0 Å². The third kappa shape index (κ3) is 10.8. The molecule has 0 unspecified atom stereocenters. The van der Waals surface area contributed by atoms with E-state index in [0.29, 0.717) is 24.9 Å². The summed E-state index contributed by atoms with van der Waals surface area (Å²) >= 11 is 0. The number of hydrogen-bond acceptors (Lipinski definition) is 7. The van der Waals surface area contributed by atoms with Gasteiger partial charge in [-0.15, -0.1) is 0 Å². The van der Waals surface area contributed by atoms with E-state index in [4.69, 9.17) is 10.5 Å². The molecule has 0 bridgehead atoms. The molecule has 0 saturated carbocycles. The van der Waals surface area contributed by atoms with Crippen molar-refractivity contribution < 1.29 is 27.9 Å². The van der Waals surface area contributed by atoms with Gasteiger partial charge in [-0.05, 0) is 103 Å². The lowest BCUT2D eigenvalue weighted by Gasteiger charge is -2.35. The minimum absolute atomic E-state index is 0.103. The number of nitrogen functional groups attached to an aromatic ring is 1. The largest absolute Gasteiger partial charge is 0.444 e. The molecule has 0 aromatic heterocycles. The summed E-state index contributed by atoms with van der Waals surface area (Å²) in [6.45, 7) is 12.2. The van der Waals surface area contributed by atoms with Gasteiger partial charge in [0.1, 0.15) is 11.6 Å². The Hall–Kier alpha value is -3.93. The van der Waals surface area contributed by atoms with E-state index in [1.165, 1.54) is 28.6 Å². The Morgan fingerprint density at radius 3 is 1.85 bits per heavy atom. The predicted molar refractivity (Wildman–Crippen MR) is 190 cm³/mol. The summed E-state index contributed by atoms with van der Waals surface area (Å²) in [4.78, 5) is 27.4. The SMILES string of the molecule is CC(C)N([C@H](CO)CCCC(C)(C)NC(=O)[C@@H](NC(=O)OC(C)(C)C)C(c1ccccc1)c1ccccc1)S(=O)(=O)c1ccc(N)cc1. The molecule has 0 saturated heterocycles. The highest BCUT2D eigenvalue weighted by molar-refractivity contribution is 7.89. The normalized spacial score (nSPS) is 13.7. The Bertz CT molecular complexity index is 1530. The fourth-order valence-electron chi connectivity index (χ4n) is 5.84. The number of ether oxygens (including phenoxy) is 1. The summed E-state index contributed by atoms with van der Waals surface area (Å²) < 4.78 is 34.1. The van der Waals surface area contributed by atoms with E-state index in [1.54, 1.807) is 34.6 Å². The molecule has 0 aliphatic rings. The van der Waals surface area contributed by atoms with Gasteiger partial charge in [-0.2, -0.15) is 4.31 Å². The number of nitrogens with one attached hydrogen (secondary N) is 2. The number of benzene rings is 3. The van der Waals surface area contributed by atoms with Crippen LogP contribution in [-0.2, 0) is 19.6 Å². The molecule has 0 fully saturated rings. The first-order valence-electron chi connectivity index (χ1n) is 16.4. The van der Waals surface area contributed by atoms with Crippen LogP contribution in [0.3, 0.4) is 0 Å². The van der Waals surface area contributed by atoms with Gasteiger partial charge in [-0.25, -0.2) is 13.2 Å². The molecule has 3 aromatic rings. The van der Waals surface area contributed by atoms with Gasteiger partial charge in [-0.3, -0.25) is 4.79 Å². The summed E-state index contributed by atoms with van der Waals surface area (Å²) in [5.41, 5.74) is 6.40. The highest BCUT2D eigenvalue weighted by Gasteiger charge is 2.37. The topological polar surface area (TPSA) is 151 Å². The Kier molecular flexibility index (Phi) is 13.2. The maximum atomic E-state index is 14.2. The van der Waals surface area contributed by atoms with Crippen LogP contribution in [0.4, 0.5) is 10.5 Å². The van der Waals surface area contributed by atoms with Gasteiger partial charge in [-0.1, -0.05) is 60.7 Å². The van der Waals surface area contributed by atoms with Gasteiger partial charge in [0.25, 0.3) is 0 Å². The van der Waals surface area contributed by atoms with E-state index in [2.05, 4.69) is 10.6 Å². The highest BCUT2D eigenvalue weighted by atomic mass is 32.2. The fraction of sp³-hybridized carbons (Fsp3) is 0.459. The van der Waals surface area contributed by atoms with Crippen LogP contribution in [-0.4, -0.2) is 65.7 Å². The lowest BCUT2D eigenvalue weighted by atomic mass is 9.84. The van der Waals surface area contributed by atoms with Gasteiger partial charge in [0.2, 0.25) is 15.9 Å². The zero-order chi connectivity index (χ0) is 35.7. The van der Waals surface area contributed by atoms with Crippen molar-refractivity contribution in [1.29, 1.82) is 0 Å². The number of rotatable bonds is 15. The number of alkyl carbamates (subject to hydrolysis) is 1. The minimum Gasteiger partial charge on any atom is -0.444 e. The lowest BCUT2D eigenvalue weighted by Crippen LogP contribution is -2.56. The summed E-state index contributed by atoms with van der Waals surface area (Å²) in [6.07, 6.45) is 0.630. The second-order valence-corrected chi connectivity index (χ2v) is 15.9. The first-order chi connectivity index (χ1) is 22.4. The van der Waals surface area contributed by atoms with Gasteiger partial charge in [0, 0.05) is 29.2 Å². The van der Waals surface area contributed by atoms with Crippen molar-refractivity contribution in [3.05, 3.63) is 96.1 Å². The lowest BCUT2D eigenvalue weighted by molar-refractivity contribution is -0.125. The molecule has 0 heterocycles. The van der Waals surface area contributed by atoms with Crippen molar-refractivity contribution in [2.75, 3.05) is 12.3 Å². The molecule has 48 heavy (non-hydrogen) atoms. The Balaban J connectivity index is 1.83. The number of aliphatic hydroxyl groups excluding tert-OH is 1. The zero-order valence-electron chi connectivity index (χ0n) is 29.1. The van der Waals surface area contributed by atoms with Crippen molar-refractivity contribution in [3.63, 3.8) is 0 Å². The number of anilines is 1. The number of carbonyl (C=O) groups excluding carboxylic acids is 2. The monoisotopic (exact) mass is 680 g/mol. The molecule has 2 amide bonds. The molecule has 262 valence electrons. The third-order valence-corrected chi connectivity index (χ3v) is 10.1. The molecule has 0 radical (unpaired) electrons. The summed E-state index contributed by atoms with van der Waals surface area (Å²) in [5, 5.41) is 16.3. The van der Waals surface area contributed by atoms with E-state index in [1.807, 2.05) is 74.5 Å². The summed E-state index contributed by atoms with van der Waals surface area (Å²) in [7, 11) is -3.92. The minimum atomic E-state index is -3.92. The molecule has 0 spiro atoms. The van der Waals surface area contributed by atoms with Crippen LogP contribution in [0.2, 0.25) is 0 Å². The summed E-state index contributed by atoms with van der Waals surface area (Å²) in [5.74, 6) is -0.912. The van der Waals surface area contributed by atoms with Gasteiger partial charge in [0.15, 0.2) is 0 Å². The number of carbonyl (C=O) groups is 2. The average Bonchev–Trinajstić information content (AvgIpc) is 3.00. The second kappa shape index (κ2) is 16.5. The first-order valence-corrected chi connectivity index (χ1v) is 17.8. The van der Waals surface area contributed by atoms with E-state index in [0.717, 1.165) is 11.1 Å². The van der Waals surface area contributed by atoms with Crippen molar-refractivity contribution in [2.45, 2.75) is 108 Å². The van der Waals surface area contributed by atoms with Crippen LogP contribution in [0.15, 0.2) is 89.8 Å². The number of nitrogens with two attached hydrogens (primary N) is 1. The zero-order valence-corrected chi connectivity index (χ0v) is 30.0. The van der Waals surface area contributed by atoms with Crippen LogP contribution >= 0.6 is 0 Å². The number of nitrogens with zero attached hydrogens (tertiary/aromatic N) is 1. The molecule has 11 heteroatoms. The highest BCUT2D eigenvalue weighted by Crippen LogP contribution is 2.30. The van der Waals surface area contributed by atoms with Crippen LogP contribution in [0.1, 0.15) is 84.8 Å². The van der Waals surface area contributed by atoms with Crippen molar-refractivity contribution in [1.82, 2.24) is 14.9 Å². The van der Waals surface area contributed by atoms with Crippen molar-refractivity contribution in [3.8, 4) is 0 Å². The van der Waals surface area contributed by atoms with Crippen molar-refractivity contribution >= 4 is 27.7 Å². The quantitative estimate of drug-likeness (QED) is 0.148. The standard InChI is InChI=1S/C37H52N4O6S/c1-26(2)41(48(45,46)31-22-20-29(38)21-23-31)30(25-42)19-14-24-37(6,7)40-34(43)33(39-35(44)47-36(3,4)5)32(27-15-10-8-11-16-27)28-17-12-9-13-18-28/h8-13,15-18,20-23,26,30,32-33,42H,14,19,24-25,38H2,1-7H3,(H,39,44)(H,40,43)/t30-,33-/m0/s1. The van der Waals surface area contributed by atoms with E-state index in [-0.39, 0.29) is 11.5 Å². The molecular weight excluding hydrogens is 628 g/mol. The third-order valence-electron chi connectivity index (χ3n) is 7.94. The molecule has 0 aliphatic carbocycles. The maximum absolute atomic E-state index is 14.2. The number of sulfonamides is 1. The molecule has 3 aromatic carbocycles. The van der Waals surface area contributed by atoms with Gasteiger partial charge < -0.3 is 26.2 Å². The number of amides is 2. The van der Waals surface area contributed by atoms with E-state index < -0.39 is 57.2 Å². The Morgan fingerprint density at radius 1 is 0.875 bits per heavy atom. The Morgan fingerprint density at radius 2 is 1.40 bits per heavy atom. The molecule has 3 rings (SSSR count).